The van der Waals surface area contributed by atoms with Gasteiger partial charge in [-0.3, -0.25) is 0 Å². The molecule has 1 atom stereocenters. The average molecular weight is 171 g/mol. The molecule has 0 aromatic heterocycles. The molecule has 0 saturated carbocycles. The Bertz CT molecular complexity index is 163. The summed E-state index contributed by atoms with van der Waals surface area (Å²) in [7, 11) is 0. The van der Waals surface area contributed by atoms with Crippen molar-refractivity contribution in [2.75, 3.05) is 13.2 Å². The average Bonchev–Trinajstić information content (AvgIpc) is 2.28. The summed E-state index contributed by atoms with van der Waals surface area (Å²) in [5.41, 5.74) is 1.47. The van der Waals surface area contributed by atoms with Crippen LogP contribution in [0.15, 0.2) is 11.6 Å². The third-order valence-corrected chi connectivity index (χ3v) is 2.48. The molecule has 1 N–H and O–H groups in total. The highest BCUT2D eigenvalue weighted by molar-refractivity contribution is 5.08. The zero-order valence-corrected chi connectivity index (χ0v) is 7.94. The molecule has 12 heavy (non-hydrogen) atoms. The van der Waals surface area contributed by atoms with Gasteiger partial charge in [-0.2, -0.15) is 0 Å². The van der Waals surface area contributed by atoms with Gasteiger partial charge < -0.3 is 5.32 Å². The molecule has 0 aromatic carbocycles. The van der Waals surface area contributed by atoms with Gasteiger partial charge in [0.15, 0.2) is 0 Å². The Labute approximate surface area is 74.0 Å². The molecule has 1 nitrogen and oxygen atoms in total. The summed E-state index contributed by atoms with van der Waals surface area (Å²) in [4.78, 5) is 0. The molecule has 0 amide bonds. The Balaban J connectivity index is 2.44. The topological polar surface area (TPSA) is 12.0 Å². The van der Waals surface area contributed by atoms with Crippen molar-refractivity contribution in [1.82, 2.24) is 5.32 Å². The van der Waals surface area contributed by atoms with E-state index in [2.05, 4.69) is 25.2 Å². The summed E-state index contributed by atoms with van der Waals surface area (Å²) < 4.78 is 12.3. The number of allylic oxidation sites excluding steroid dienone is 1. The third kappa shape index (κ3) is 2.59. The molecule has 2 heteroatoms. The summed E-state index contributed by atoms with van der Waals surface area (Å²) in [6, 6.07) is 0.0810. The molecule has 1 aliphatic rings. The van der Waals surface area contributed by atoms with Gasteiger partial charge in [-0.25, -0.2) is 4.39 Å². The van der Waals surface area contributed by atoms with Gasteiger partial charge in [-0.15, -0.1) is 0 Å². The lowest BCUT2D eigenvalue weighted by atomic mass is 9.97. The van der Waals surface area contributed by atoms with Crippen LogP contribution in [0.4, 0.5) is 4.39 Å². The quantitative estimate of drug-likeness (QED) is 0.628. The van der Waals surface area contributed by atoms with Crippen molar-refractivity contribution in [3.8, 4) is 0 Å². The van der Waals surface area contributed by atoms with Crippen molar-refractivity contribution in [2.45, 2.75) is 32.7 Å². The lowest BCUT2D eigenvalue weighted by molar-refractivity contribution is 0.371. The monoisotopic (exact) mass is 171 g/mol. The highest BCUT2D eigenvalue weighted by Gasteiger charge is 2.13. The van der Waals surface area contributed by atoms with E-state index in [-0.39, 0.29) is 12.7 Å². The first-order chi connectivity index (χ1) is 5.74. The number of hydrogen-bond donors (Lipinski definition) is 1. The molecule has 0 aliphatic carbocycles. The number of hydrogen-bond acceptors (Lipinski definition) is 1. The van der Waals surface area contributed by atoms with Crippen LogP contribution in [0.1, 0.15) is 26.7 Å². The van der Waals surface area contributed by atoms with Gasteiger partial charge in [-0.05, 0) is 18.8 Å². The first-order valence-electron chi connectivity index (χ1n) is 4.72. The normalized spacial score (nSPS) is 25.3. The van der Waals surface area contributed by atoms with Crippen molar-refractivity contribution in [1.29, 1.82) is 0 Å². The number of nitrogens with one attached hydrogen (secondary N) is 1. The Morgan fingerprint density at radius 3 is 3.00 bits per heavy atom. The molecule has 0 fully saturated rings. The highest BCUT2D eigenvalue weighted by Crippen LogP contribution is 2.18. The second kappa shape index (κ2) is 4.61. The zero-order chi connectivity index (χ0) is 8.97. The molecule has 1 rings (SSSR count). The Hall–Kier alpha value is -0.370. The predicted octanol–water partition coefficient (Wildman–Crippen LogP) is 2.29. The van der Waals surface area contributed by atoms with Gasteiger partial charge in [-0.1, -0.05) is 25.5 Å². The van der Waals surface area contributed by atoms with E-state index in [0.717, 1.165) is 19.4 Å². The maximum absolute atomic E-state index is 12.3. The van der Waals surface area contributed by atoms with Crippen LogP contribution >= 0.6 is 0 Å². The minimum absolute atomic E-state index is 0.0810. The lowest BCUT2D eigenvalue weighted by Gasteiger charge is -2.11. The molecule has 0 spiro atoms. The van der Waals surface area contributed by atoms with Crippen LogP contribution in [0.2, 0.25) is 0 Å². The highest BCUT2D eigenvalue weighted by atomic mass is 19.1. The molecule has 0 aromatic rings. The van der Waals surface area contributed by atoms with E-state index in [1.165, 1.54) is 5.57 Å². The van der Waals surface area contributed by atoms with Crippen molar-refractivity contribution in [3.63, 3.8) is 0 Å². The minimum atomic E-state index is -0.237. The first kappa shape index (κ1) is 9.72. The SMILES string of the molecule is CC(C)C1=CCN[C@@H](CF)CC1. The Morgan fingerprint density at radius 2 is 2.42 bits per heavy atom. The number of rotatable bonds is 2. The lowest BCUT2D eigenvalue weighted by Crippen LogP contribution is -2.29. The van der Waals surface area contributed by atoms with Gasteiger partial charge >= 0.3 is 0 Å². The second-order valence-corrected chi connectivity index (χ2v) is 3.73. The van der Waals surface area contributed by atoms with E-state index in [1.807, 2.05) is 0 Å². The fourth-order valence-corrected chi connectivity index (χ4v) is 1.56. The van der Waals surface area contributed by atoms with Crippen LogP contribution in [-0.4, -0.2) is 19.3 Å². The molecular formula is C10H18FN. The van der Waals surface area contributed by atoms with Crippen molar-refractivity contribution in [3.05, 3.63) is 11.6 Å². The second-order valence-electron chi connectivity index (χ2n) is 3.73. The van der Waals surface area contributed by atoms with E-state index < -0.39 is 0 Å². The maximum Gasteiger partial charge on any atom is 0.105 e. The van der Waals surface area contributed by atoms with Gasteiger partial charge in [0.05, 0.1) is 0 Å². The van der Waals surface area contributed by atoms with Crippen molar-refractivity contribution in [2.24, 2.45) is 5.92 Å². The van der Waals surface area contributed by atoms with E-state index in [9.17, 15) is 4.39 Å². The molecule has 0 saturated heterocycles. The molecule has 0 unspecified atom stereocenters. The molecule has 0 bridgehead atoms. The minimum Gasteiger partial charge on any atom is -0.308 e. The summed E-state index contributed by atoms with van der Waals surface area (Å²) in [6.45, 7) is 4.99. The van der Waals surface area contributed by atoms with Gasteiger partial charge in [0.2, 0.25) is 0 Å². The fourth-order valence-electron chi connectivity index (χ4n) is 1.56. The Morgan fingerprint density at radius 1 is 1.67 bits per heavy atom. The third-order valence-electron chi connectivity index (χ3n) is 2.48. The number of halogens is 1. The van der Waals surface area contributed by atoms with E-state index in [4.69, 9.17) is 0 Å². The van der Waals surface area contributed by atoms with Crippen LogP contribution < -0.4 is 5.32 Å². The van der Waals surface area contributed by atoms with Crippen LogP contribution in [0.5, 0.6) is 0 Å². The summed E-state index contributed by atoms with van der Waals surface area (Å²) >= 11 is 0. The predicted molar refractivity (Wildman–Crippen MR) is 49.9 cm³/mol. The molecule has 1 aliphatic heterocycles. The van der Waals surface area contributed by atoms with Crippen molar-refractivity contribution < 1.29 is 4.39 Å². The smallest absolute Gasteiger partial charge is 0.105 e. The van der Waals surface area contributed by atoms with Crippen molar-refractivity contribution >= 4 is 0 Å². The fraction of sp³-hybridized carbons (Fsp3) is 0.800. The standard InChI is InChI=1S/C10H18FN/c1-8(2)9-3-4-10(7-11)12-6-5-9/h5,8,10,12H,3-4,6-7H2,1-2H3/t10-/m1/s1. The van der Waals surface area contributed by atoms with E-state index in [1.54, 1.807) is 0 Å². The first-order valence-corrected chi connectivity index (χ1v) is 4.72. The molecule has 0 radical (unpaired) electrons. The maximum atomic E-state index is 12.3. The summed E-state index contributed by atoms with van der Waals surface area (Å²) in [6.07, 6.45) is 4.21. The van der Waals surface area contributed by atoms with Gasteiger partial charge in [0.1, 0.15) is 6.67 Å². The van der Waals surface area contributed by atoms with Gasteiger partial charge in [0.25, 0.3) is 0 Å². The molecular weight excluding hydrogens is 153 g/mol. The molecule has 70 valence electrons. The summed E-state index contributed by atoms with van der Waals surface area (Å²) in [5, 5.41) is 3.16. The van der Waals surface area contributed by atoms with Gasteiger partial charge in [0, 0.05) is 12.6 Å². The summed E-state index contributed by atoms with van der Waals surface area (Å²) in [5.74, 6) is 0.616. The van der Waals surface area contributed by atoms with Crippen LogP contribution in [0.3, 0.4) is 0 Å². The molecule has 1 heterocycles. The van der Waals surface area contributed by atoms with E-state index >= 15 is 0 Å². The zero-order valence-electron chi connectivity index (χ0n) is 7.94. The Kier molecular flexibility index (Phi) is 3.73. The largest absolute Gasteiger partial charge is 0.308 e. The van der Waals surface area contributed by atoms with Crippen LogP contribution in [-0.2, 0) is 0 Å². The van der Waals surface area contributed by atoms with Crippen LogP contribution in [0.25, 0.3) is 0 Å². The van der Waals surface area contributed by atoms with E-state index in [0.29, 0.717) is 5.92 Å². The van der Waals surface area contributed by atoms with Crippen LogP contribution in [0, 0.1) is 5.92 Å². The number of alkyl halides is 1.